The Balaban J connectivity index is 1.49. The Hall–Kier alpha value is -4.18. The van der Waals surface area contributed by atoms with E-state index in [0.717, 1.165) is 54.3 Å². The van der Waals surface area contributed by atoms with Gasteiger partial charge in [0.25, 0.3) is 0 Å². The predicted octanol–water partition coefficient (Wildman–Crippen LogP) is 10.4. The van der Waals surface area contributed by atoms with E-state index in [2.05, 4.69) is 105 Å². The lowest BCUT2D eigenvalue weighted by atomic mass is 9.72. The average molecular weight is 608 g/mol. The van der Waals surface area contributed by atoms with Crippen molar-refractivity contribution in [2.24, 2.45) is 17.8 Å². The fraction of sp³-hybridized carbons (Fsp3) is 0.395. The van der Waals surface area contributed by atoms with Gasteiger partial charge in [0.1, 0.15) is 0 Å². The van der Waals surface area contributed by atoms with Crippen molar-refractivity contribution in [3.8, 4) is 12.1 Å². The molecule has 1 saturated carbocycles. The number of rotatable bonds is 15. The molecule has 2 unspecified atom stereocenters. The molecule has 4 aromatic carbocycles. The number of benzene rings is 4. The zero-order chi connectivity index (χ0) is 32.6. The second kappa shape index (κ2) is 15.4. The van der Waals surface area contributed by atoms with Gasteiger partial charge in [-0.1, -0.05) is 95.0 Å². The van der Waals surface area contributed by atoms with E-state index in [0.29, 0.717) is 36.6 Å². The van der Waals surface area contributed by atoms with Crippen LogP contribution in [0.2, 0.25) is 0 Å². The number of hydrogen-bond acceptors (Lipinski definition) is 3. The average Bonchev–Trinajstić information content (AvgIpc) is 3.05. The smallest absolute Gasteiger partial charge is 0.0670 e. The second-order valence-electron chi connectivity index (χ2n) is 13.5. The highest BCUT2D eigenvalue weighted by Gasteiger charge is 2.28. The lowest BCUT2D eigenvalue weighted by Gasteiger charge is -2.34. The summed E-state index contributed by atoms with van der Waals surface area (Å²) in [7, 11) is 0. The standard InChI is InChI=1S/C43H49N3/c1-6-31-11-18-40-35(27-31)15-13-33(43(40)22-25-45)16-19-39(38(29(3)4)23-26-46-37-9-8-10-37)30(5)34-17-20-41-36(28-34)14-12-32(7-2)42(41)21-24-44/h6,11-15,17-18,20,27-29,37-39,46H,1,5,7-10,16,19,21-23,26H2,2-4H3. The van der Waals surface area contributed by atoms with E-state index in [9.17, 15) is 10.5 Å². The second-order valence-corrected chi connectivity index (χ2v) is 13.5. The molecule has 0 spiro atoms. The van der Waals surface area contributed by atoms with Gasteiger partial charge in [0.2, 0.25) is 0 Å². The number of nitriles is 2. The van der Waals surface area contributed by atoms with Gasteiger partial charge in [-0.15, -0.1) is 0 Å². The Kier molecular flexibility index (Phi) is 11.1. The minimum Gasteiger partial charge on any atom is -0.314 e. The number of hydrogen-bond donors (Lipinski definition) is 1. The van der Waals surface area contributed by atoms with E-state index >= 15 is 0 Å². The molecule has 0 aromatic heterocycles. The molecule has 1 N–H and O–H groups in total. The summed E-state index contributed by atoms with van der Waals surface area (Å²) in [5, 5.41) is 27.9. The molecule has 2 atom stereocenters. The molecule has 0 saturated heterocycles. The molecule has 4 aromatic rings. The summed E-state index contributed by atoms with van der Waals surface area (Å²) >= 11 is 0. The van der Waals surface area contributed by atoms with Crippen molar-refractivity contribution < 1.29 is 0 Å². The first-order chi connectivity index (χ1) is 22.4. The fourth-order valence-electron chi connectivity index (χ4n) is 7.60. The van der Waals surface area contributed by atoms with Crippen LogP contribution in [0.15, 0.2) is 73.8 Å². The first-order valence-corrected chi connectivity index (χ1v) is 17.3. The van der Waals surface area contributed by atoms with Crippen LogP contribution in [0.4, 0.5) is 0 Å². The third-order valence-electron chi connectivity index (χ3n) is 10.5. The van der Waals surface area contributed by atoms with Gasteiger partial charge >= 0.3 is 0 Å². The molecule has 0 aliphatic heterocycles. The molecule has 1 aliphatic rings. The first-order valence-electron chi connectivity index (χ1n) is 17.3. The summed E-state index contributed by atoms with van der Waals surface area (Å²) in [5.41, 5.74) is 8.30. The van der Waals surface area contributed by atoms with Crippen molar-refractivity contribution >= 4 is 33.2 Å². The number of nitrogens with one attached hydrogen (secondary N) is 1. The Morgan fingerprint density at radius 2 is 1.54 bits per heavy atom. The molecular weight excluding hydrogens is 558 g/mol. The maximum absolute atomic E-state index is 9.81. The summed E-state index contributed by atoms with van der Waals surface area (Å²) in [6, 6.07) is 27.5. The number of aryl methyl sites for hydroxylation is 2. The lowest BCUT2D eigenvalue weighted by Crippen LogP contribution is -2.37. The van der Waals surface area contributed by atoms with Crippen LogP contribution in [-0.2, 0) is 25.7 Å². The highest BCUT2D eigenvalue weighted by atomic mass is 14.9. The normalized spacial score (nSPS) is 14.5. The van der Waals surface area contributed by atoms with E-state index in [-0.39, 0.29) is 0 Å². The van der Waals surface area contributed by atoms with Crippen LogP contribution in [0.1, 0.15) is 86.3 Å². The van der Waals surface area contributed by atoms with Crippen molar-refractivity contribution in [1.29, 1.82) is 10.5 Å². The largest absolute Gasteiger partial charge is 0.314 e. The van der Waals surface area contributed by atoms with Crippen molar-refractivity contribution in [3.05, 3.63) is 107 Å². The predicted molar refractivity (Wildman–Crippen MR) is 195 cm³/mol. The number of nitrogens with zero attached hydrogens (tertiary/aromatic N) is 2. The molecule has 0 heterocycles. The van der Waals surface area contributed by atoms with Crippen LogP contribution in [0.3, 0.4) is 0 Å². The summed E-state index contributed by atoms with van der Waals surface area (Å²) in [5.74, 6) is 1.28. The van der Waals surface area contributed by atoms with Crippen molar-refractivity contribution in [2.45, 2.75) is 84.6 Å². The third-order valence-corrected chi connectivity index (χ3v) is 10.5. The van der Waals surface area contributed by atoms with Crippen LogP contribution < -0.4 is 5.32 Å². The topological polar surface area (TPSA) is 59.6 Å². The molecule has 46 heavy (non-hydrogen) atoms. The van der Waals surface area contributed by atoms with Crippen LogP contribution in [-0.4, -0.2) is 12.6 Å². The Morgan fingerprint density at radius 1 is 0.891 bits per heavy atom. The maximum Gasteiger partial charge on any atom is 0.0670 e. The van der Waals surface area contributed by atoms with E-state index in [4.69, 9.17) is 6.58 Å². The van der Waals surface area contributed by atoms with Gasteiger partial charge < -0.3 is 5.32 Å². The summed E-state index contributed by atoms with van der Waals surface area (Å²) in [6.07, 6.45) is 10.6. The van der Waals surface area contributed by atoms with Crippen molar-refractivity contribution in [3.63, 3.8) is 0 Å². The zero-order valence-electron chi connectivity index (χ0n) is 28.0. The first kappa shape index (κ1) is 33.2. The Bertz CT molecular complexity index is 1790. The van der Waals surface area contributed by atoms with Crippen LogP contribution in [0.5, 0.6) is 0 Å². The molecule has 3 nitrogen and oxygen atoms in total. The van der Waals surface area contributed by atoms with Crippen LogP contribution in [0.25, 0.3) is 33.2 Å². The summed E-state index contributed by atoms with van der Waals surface area (Å²) in [4.78, 5) is 0. The molecule has 5 rings (SSSR count). The summed E-state index contributed by atoms with van der Waals surface area (Å²) in [6.45, 7) is 16.7. The highest BCUT2D eigenvalue weighted by molar-refractivity contribution is 5.90. The minimum absolute atomic E-state index is 0.294. The molecule has 0 radical (unpaired) electrons. The minimum atomic E-state index is 0.294. The molecule has 0 bridgehead atoms. The summed E-state index contributed by atoms with van der Waals surface area (Å²) < 4.78 is 0. The molecule has 1 aliphatic carbocycles. The lowest BCUT2D eigenvalue weighted by molar-refractivity contribution is 0.254. The van der Waals surface area contributed by atoms with Crippen LogP contribution in [0, 0.1) is 40.4 Å². The van der Waals surface area contributed by atoms with Gasteiger partial charge in [0, 0.05) is 6.04 Å². The monoisotopic (exact) mass is 607 g/mol. The molecule has 0 amide bonds. The Morgan fingerprint density at radius 3 is 2.15 bits per heavy atom. The Labute approximate surface area is 276 Å². The number of fused-ring (bicyclic) bond motifs is 2. The molecule has 236 valence electrons. The number of allylic oxidation sites excluding steroid dienone is 1. The quantitative estimate of drug-likeness (QED) is 0.146. The van der Waals surface area contributed by atoms with Gasteiger partial charge in [-0.25, -0.2) is 0 Å². The molecule has 1 fully saturated rings. The molecule has 3 heteroatoms. The van der Waals surface area contributed by atoms with Gasteiger partial charge in [-0.05, 0) is 135 Å². The van der Waals surface area contributed by atoms with Crippen molar-refractivity contribution in [1.82, 2.24) is 5.32 Å². The van der Waals surface area contributed by atoms with Crippen LogP contribution >= 0.6 is 0 Å². The van der Waals surface area contributed by atoms with E-state index in [1.807, 2.05) is 6.08 Å². The fourth-order valence-corrected chi connectivity index (χ4v) is 7.60. The zero-order valence-corrected chi connectivity index (χ0v) is 28.0. The van der Waals surface area contributed by atoms with E-state index in [1.54, 1.807) is 0 Å². The SMILES string of the molecule is C=Cc1ccc2c(CC#N)c(CCC(C(=C)c3ccc4c(CC#N)c(CC)ccc4c3)C(CCNC3CCC3)C(C)C)ccc2c1. The van der Waals surface area contributed by atoms with Gasteiger partial charge in [0.05, 0.1) is 25.0 Å². The maximum atomic E-state index is 9.81. The van der Waals surface area contributed by atoms with Gasteiger partial charge in [-0.3, -0.25) is 0 Å². The van der Waals surface area contributed by atoms with Gasteiger partial charge in [0.15, 0.2) is 0 Å². The van der Waals surface area contributed by atoms with Crippen molar-refractivity contribution in [2.75, 3.05) is 6.54 Å². The van der Waals surface area contributed by atoms with Gasteiger partial charge in [-0.2, -0.15) is 10.5 Å². The van der Waals surface area contributed by atoms with E-state index in [1.165, 1.54) is 57.7 Å². The third kappa shape index (κ3) is 7.28. The highest BCUT2D eigenvalue weighted by Crippen LogP contribution is 2.40. The molecular formula is C43H49N3. The van der Waals surface area contributed by atoms with E-state index < -0.39 is 0 Å².